The van der Waals surface area contributed by atoms with Gasteiger partial charge >= 0.3 is 0 Å². The zero-order valence-electron chi connectivity index (χ0n) is 12.6. The van der Waals surface area contributed by atoms with Crippen LogP contribution in [-0.2, 0) is 4.84 Å². The van der Waals surface area contributed by atoms with Crippen molar-refractivity contribution in [2.24, 2.45) is 10.9 Å². The van der Waals surface area contributed by atoms with Gasteiger partial charge in [-0.25, -0.2) is 15.3 Å². The number of hydroxylamine groups is 1. The van der Waals surface area contributed by atoms with E-state index >= 15 is 0 Å². The Labute approximate surface area is 133 Å². The topological polar surface area (TPSA) is 36.9 Å². The van der Waals surface area contributed by atoms with Crippen LogP contribution in [0.1, 0.15) is 24.0 Å². The first-order valence-corrected chi connectivity index (χ1v) is 8.86. The van der Waals surface area contributed by atoms with Gasteiger partial charge in [0, 0.05) is 16.2 Å². The Bertz CT molecular complexity index is 775. The molecule has 5 heteroatoms. The Kier molecular flexibility index (Phi) is 2.69. The molecule has 0 aliphatic carbocycles. The van der Waals surface area contributed by atoms with Gasteiger partial charge in [-0.15, -0.1) is 11.3 Å². The maximum atomic E-state index is 6.01. The molecule has 4 nitrogen and oxygen atoms in total. The molecule has 6 rings (SSSR count). The minimum Gasteiger partial charge on any atom is -0.298 e. The highest BCUT2D eigenvalue weighted by Gasteiger charge is 2.51. The zero-order chi connectivity index (χ0) is 14.7. The summed E-state index contributed by atoms with van der Waals surface area (Å²) in [6.07, 6.45) is 2.39. The van der Waals surface area contributed by atoms with Gasteiger partial charge in [0.15, 0.2) is 5.84 Å². The van der Waals surface area contributed by atoms with E-state index in [1.807, 2.05) is 0 Å². The van der Waals surface area contributed by atoms with Crippen molar-refractivity contribution in [3.8, 4) is 0 Å². The van der Waals surface area contributed by atoms with E-state index in [4.69, 9.17) is 9.83 Å². The monoisotopic (exact) mass is 313 g/mol. The van der Waals surface area contributed by atoms with Crippen molar-refractivity contribution in [2.75, 3.05) is 19.6 Å². The number of hydrogen-bond donors (Lipinski definition) is 1. The maximum Gasteiger partial charge on any atom is 0.202 e. The fourth-order valence-electron chi connectivity index (χ4n) is 4.04. The molecule has 1 aromatic carbocycles. The van der Waals surface area contributed by atoms with Gasteiger partial charge in [0.2, 0.25) is 5.72 Å². The molecule has 114 valence electrons. The summed E-state index contributed by atoms with van der Waals surface area (Å²) in [7, 11) is 0. The van der Waals surface area contributed by atoms with E-state index in [1.54, 1.807) is 11.3 Å². The van der Waals surface area contributed by atoms with Gasteiger partial charge in [0.25, 0.3) is 0 Å². The summed E-state index contributed by atoms with van der Waals surface area (Å²) in [6, 6.07) is 6.57. The van der Waals surface area contributed by atoms with Crippen molar-refractivity contribution in [3.63, 3.8) is 0 Å². The molecule has 5 heterocycles. The summed E-state index contributed by atoms with van der Waals surface area (Å²) in [5.41, 5.74) is 5.24. The van der Waals surface area contributed by atoms with E-state index < -0.39 is 0 Å². The molecule has 0 saturated carbocycles. The number of rotatable bonds is 1. The van der Waals surface area contributed by atoms with Crippen molar-refractivity contribution >= 4 is 27.3 Å². The van der Waals surface area contributed by atoms with Crippen LogP contribution in [0.3, 0.4) is 0 Å². The van der Waals surface area contributed by atoms with E-state index in [-0.39, 0.29) is 5.72 Å². The van der Waals surface area contributed by atoms with Crippen molar-refractivity contribution in [1.82, 2.24) is 10.4 Å². The van der Waals surface area contributed by atoms with Crippen molar-refractivity contribution in [1.29, 1.82) is 0 Å². The SMILES string of the molecule is Cc1csc2cc(C3=N[C@@]4(CN5CCC4CC5)ON3)ccc12. The van der Waals surface area contributed by atoms with Gasteiger partial charge in [-0.2, -0.15) is 0 Å². The molecule has 4 aliphatic rings. The molecule has 2 bridgehead atoms. The molecule has 3 fully saturated rings. The zero-order valence-corrected chi connectivity index (χ0v) is 13.4. The first-order valence-electron chi connectivity index (χ1n) is 7.98. The molecular weight excluding hydrogens is 294 g/mol. The van der Waals surface area contributed by atoms with Gasteiger partial charge in [0.05, 0.1) is 6.54 Å². The van der Waals surface area contributed by atoms with Crippen molar-refractivity contribution < 1.29 is 4.84 Å². The number of nitrogens with zero attached hydrogens (tertiary/aromatic N) is 2. The second-order valence-corrected chi connectivity index (χ2v) is 7.60. The third-order valence-corrected chi connectivity index (χ3v) is 6.41. The molecular formula is C17H19N3OS. The van der Waals surface area contributed by atoms with Crippen LogP contribution in [0.2, 0.25) is 0 Å². The number of fused-ring (bicyclic) bond motifs is 3. The van der Waals surface area contributed by atoms with E-state index in [0.717, 1.165) is 17.9 Å². The minimum absolute atomic E-state index is 0.355. The first kappa shape index (κ1) is 13.0. The average Bonchev–Trinajstić information content (AvgIpc) is 3.13. The highest BCUT2D eigenvalue weighted by atomic mass is 32.1. The fourth-order valence-corrected chi connectivity index (χ4v) is 5.02. The summed E-state index contributed by atoms with van der Waals surface area (Å²) >= 11 is 1.79. The van der Waals surface area contributed by atoms with Crippen molar-refractivity contribution in [2.45, 2.75) is 25.5 Å². The molecule has 1 spiro atoms. The quantitative estimate of drug-likeness (QED) is 0.879. The molecule has 0 radical (unpaired) electrons. The van der Waals surface area contributed by atoms with Gasteiger partial charge in [-0.05, 0) is 55.3 Å². The lowest BCUT2D eigenvalue weighted by Gasteiger charge is -2.47. The highest BCUT2D eigenvalue weighted by Crippen LogP contribution is 2.41. The largest absolute Gasteiger partial charge is 0.298 e. The Balaban J connectivity index is 1.53. The summed E-state index contributed by atoms with van der Waals surface area (Å²) in [6.45, 7) is 5.48. The number of nitrogens with one attached hydrogen (secondary N) is 1. The summed E-state index contributed by atoms with van der Waals surface area (Å²) < 4.78 is 1.31. The predicted octanol–water partition coefficient (Wildman–Crippen LogP) is 2.91. The minimum atomic E-state index is -0.355. The van der Waals surface area contributed by atoms with Crippen LogP contribution in [0.15, 0.2) is 28.6 Å². The smallest absolute Gasteiger partial charge is 0.202 e. The number of amidine groups is 1. The molecule has 2 aromatic rings. The van der Waals surface area contributed by atoms with Crippen LogP contribution in [-0.4, -0.2) is 36.1 Å². The number of piperidine rings is 3. The second kappa shape index (κ2) is 4.54. The molecule has 3 saturated heterocycles. The molecule has 1 atom stereocenters. The summed E-state index contributed by atoms with van der Waals surface area (Å²) in [5.74, 6) is 1.44. The molecule has 0 amide bonds. The standard InChI is InChI=1S/C17H19N3OS/c1-11-9-22-15-8-12(2-3-14(11)15)16-18-17(21-19-16)10-20-6-4-13(17)5-7-20/h2-3,8-9,13H,4-7,10H2,1H3,(H,18,19)/t17-/m0/s1. The summed E-state index contributed by atoms with van der Waals surface area (Å²) in [5, 5.41) is 3.55. The Morgan fingerprint density at radius 2 is 2.23 bits per heavy atom. The average molecular weight is 313 g/mol. The van der Waals surface area contributed by atoms with Crippen LogP contribution >= 0.6 is 11.3 Å². The fraction of sp³-hybridized carbons (Fsp3) is 0.471. The molecule has 1 N–H and O–H groups in total. The number of aryl methyl sites for hydroxylation is 1. The van der Waals surface area contributed by atoms with Crippen LogP contribution in [0, 0.1) is 12.8 Å². The first-order chi connectivity index (χ1) is 10.7. The predicted molar refractivity (Wildman–Crippen MR) is 89.2 cm³/mol. The van der Waals surface area contributed by atoms with E-state index in [0.29, 0.717) is 5.92 Å². The molecule has 1 aromatic heterocycles. The third kappa shape index (κ3) is 1.79. The lowest BCUT2D eigenvalue weighted by atomic mass is 9.81. The number of aliphatic imine (C=N–C) groups is 1. The number of thiophene rings is 1. The lowest BCUT2D eigenvalue weighted by Crippen LogP contribution is -2.58. The van der Waals surface area contributed by atoms with Crippen LogP contribution in [0.25, 0.3) is 10.1 Å². The van der Waals surface area contributed by atoms with Crippen LogP contribution < -0.4 is 5.48 Å². The number of hydrogen-bond acceptors (Lipinski definition) is 5. The Morgan fingerprint density at radius 3 is 3.00 bits per heavy atom. The second-order valence-electron chi connectivity index (χ2n) is 6.69. The van der Waals surface area contributed by atoms with E-state index in [2.05, 4.69) is 40.9 Å². The molecule has 22 heavy (non-hydrogen) atoms. The molecule has 0 unspecified atom stereocenters. The lowest BCUT2D eigenvalue weighted by molar-refractivity contribution is -0.155. The van der Waals surface area contributed by atoms with Gasteiger partial charge < -0.3 is 0 Å². The van der Waals surface area contributed by atoms with Gasteiger partial charge in [-0.3, -0.25) is 4.90 Å². The van der Waals surface area contributed by atoms with Gasteiger partial charge in [0.1, 0.15) is 0 Å². The van der Waals surface area contributed by atoms with Crippen LogP contribution in [0.5, 0.6) is 0 Å². The van der Waals surface area contributed by atoms with E-state index in [1.165, 1.54) is 41.6 Å². The maximum absolute atomic E-state index is 6.01. The van der Waals surface area contributed by atoms with Crippen LogP contribution in [0.4, 0.5) is 0 Å². The normalized spacial score (nSPS) is 33.4. The van der Waals surface area contributed by atoms with E-state index in [9.17, 15) is 0 Å². The molecule has 4 aliphatic heterocycles. The Hall–Kier alpha value is -1.43. The third-order valence-electron chi connectivity index (χ3n) is 5.34. The Morgan fingerprint density at radius 1 is 1.36 bits per heavy atom. The number of benzene rings is 1. The highest BCUT2D eigenvalue weighted by molar-refractivity contribution is 7.17. The summed E-state index contributed by atoms with van der Waals surface area (Å²) in [4.78, 5) is 13.5. The van der Waals surface area contributed by atoms with Crippen molar-refractivity contribution in [3.05, 3.63) is 34.7 Å². The van der Waals surface area contributed by atoms with Gasteiger partial charge in [-0.1, -0.05) is 12.1 Å².